The van der Waals surface area contributed by atoms with E-state index in [0.29, 0.717) is 24.0 Å². The number of piperidine rings is 1. The average molecular weight is 554 g/mol. The second-order valence-electron chi connectivity index (χ2n) is 10.4. The molecule has 1 aliphatic carbocycles. The topological polar surface area (TPSA) is 70.1 Å². The summed E-state index contributed by atoms with van der Waals surface area (Å²) in [7, 11) is 1.85. The molecule has 1 amide bonds. The lowest BCUT2D eigenvalue weighted by Gasteiger charge is -2.33. The molecule has 1 saturated heterocycles. The largest absolute Gasteiger partial charge is 0.417 e. The van der Waals surface area contributed by atoms with Crippen LogP contribution in [-0.2, 0) is 4.79 Å². The van der Waals surface area contributed by atoms with Crippen molar-refractivity contribution in [1.29, 1.82) is 0 Å². The van der Waals surface area contributed by atoms with Gasteiger partial charge < -0.3 is 15.5 Å². The molecule has 0 bridgehead atoms. The van der Waals surface area contributed by atoms with Crippen LogP contribution in [0.3, 0.4) is 0 Å². The van der Waals surface area contributed by atoms with E-state index >= 15 is 0 Å². The molecule has 10 heteroatoms. The molecule has 6 nitrogen and oxygen atoms in total. The Balaban J connectivity index is 1.35. The molecule has 0 radical (unpaired) electrons. The number of amides is 1. The van der Waals surface area contributed by atoms with E-state index in [4.69, 9.17) is 0 Å². The second-order valence-corrected chi connectivity index (χ2v) is 10.4. The van der Waals surface area contributed by atoms with Crippen LogP contribution in [0.4, 0.5) is 23.2 Å². The van der Waals surface area contributed by atoms with Crippen LogP contribution in [-0.4, -0.2) is 65.8 Å². The lowest BCUT2D eigenvalue weighted by atomic mass is 9.99. The van der Waals surface area contributed by atoms with Gasteiger partial charge in [-0.1, -0.05) is 30.9 Å². The zero-order valence-electron chi connectivity index (χ0n) is 22.1. The number of hydrogen-bond donors (Lipinski definition) is 2. The average Bonchev–Trinajstić information content (AvgIpc) is 3.73. The number of nitrogens with zero attached hydrogens (tertiary/aromatic N) is 3. The predicted molar refractivity (Wildman–Crippen MR) is 148 cm³/mol. The highest BCUT2D eigenvalue weighted by atomic mass is 19.4. The molecule has 5 rings (SSSR count). The summed E-state index contributed by atoms with van der Waals surface area (Å²) >= 11 is 0. The zero-order chi connectivity index (χ0) is 28.4. The quantitative estimate of drug-likeness (QED) is 0.356. The number of aromatic nitrogens is 2. The Bertz CT molecular complexity index is 1420. The van der Waals surface area contributed by atoms with Gasteiger partial charge in [-0.05, 0) is 50.2 Å². The second kappa shape index (κ2) is 11.4. The maximum absolute atomic E-state index is 14.8. The third-order valence-electron chi connectivity index (χ3n) is 7.49. The van der Waals surface area contributed by atoms with E-state index in [0.717, 1.165) is 12.1 Å². The van der Waals surface area contributed by atoms with Gasteiger partial charge in [0, 0.05) is 59.8 Å². The van der Waals surface area contributed by atoms with E-state index in [1.165, 1.54) is 0 Å². The van der Waals surface area contributed by atoms with Crippen molar-refractivity contribution in [3.05, 3.63) is 78.4 Å². The van der Waals surface area contributed by atoms with Gasteiger partial charge in [0.25, 0.3) is 0 Å². The molecule has 2 aromatic heterocycles. The number of carbonyl (C=O) groups is 1. The van der Waals surface area contributed by atoms with E-state index in [2.05, 4.69) is 27.2 Å². The maximum atomic E-state index is 14.8. The van der Waals surface area contributed by atoms with Gasteiger partial charge >= 0.3 is 6.18 Å². The van der Waals surface area contributed by atoms with Gasteiger partial charge in [0.15, 0.2) is 0 Å². The molecular weight excluding hydrogens is 522 g/mol. The maximum Gasteiger partial charge on any atom is 0.417 e. The van der Waals surface area contributed by atoms with Crippen molar-refractivity contribution in [2.24, 2.45) is 5.92 Å². The van der Waals surface area contributed by atoms with Gasteiger partial charge in [-0.25, -0.2) is 9.37 Å². The molecule has 1 saturated carbocycles. The Hall–Kier alpha value is -3.79. The number of fused-ring (bicyclic) bond motifs is 1. The Morgan fingerprint density at radius 3 is 2.75 bits per heavy atom. The summed E-state index contributed by atoms with van der Waals surface area (Å²) in [6.07, 6.45) is 0.423. The van der Waals surface area contributed by atoms with E-state index in [-0.39, 0.29) is 47.6 Å². The number of allylic oxidation sites excluding steroid dienone is 1. The number of alkyl halides is 4. The molecule has 2 fully saturated rings. The van der Waals surface area contributed by atoms with E-state index in [1.54, 1.807) is 42.6 Å². The number of pyridine rings is 2. The monoisotopic (exact) mass is 553 g/mol. The van der Waals surface area contributed by atoms with E-state index in [9.17, 15) is 22.4 Å². The minimum Gasteiger partial charge on any atom is -0.379 e. The summed E-state index contributed by atoms with van der Waals surface area (Å²) in [6.45, 7) is 4.46. The fraction of sp³-hybridized carbons (Fsp3) is 0.367. The normalized spacial score (nSPS) is 23.3. The van der Waals surface area contributed by atoms with Gasteiger partial charge in [-0.15, -0.1) is 0 Å². The molecule has 2 N–H and O–H groups in total. The van der Waals surface area contributed by atoms with Crippen LogP contribution < -0.4 is 10.6 Å². The molecule has 210 valence electrons. The van der Waals surface area contributed by atoms with Gasteiger partial charge in [0.1, 0.15) is 6.17 Å². The summed E-state index contributed by atoms with van der Waals surface area (Å²) in [5.74, 6) is -0.137. The van der Waals surface area contributed by atoms with Crippen molar-refractivity contribution < 1.29 is 22.4 Å². The first-order chi connectivity index (χ1) is 19.1. The fourth-order valence-electron chi connectivity index (χ4n) is 5.17. The highest BCUT2D eigenvalue weighted by Crippen LogP contribution is 2.46. The highest BCUT2D eigenvalue weighted by molar-refractivity contribution is 6.00. The molecule has 1 aromatic carbocycles. The number of nitrogens with one attached hydrogen (secondary N) is 2. The lowest BCUT2D eigenvalue weighted by molar-refractivity contribution is -0.122. The Kier molecular flexibility index (Phi) is 7.89. The smallest absolute Gasteiger partial charge is 0.379 e. The summed E-state index contributed by atoms with van der Waals surface area (Å²) in [5, 5.41) is 6.83. The molecule has 2 aliphatic rings. The Labute approximate surface area is 230 Å². The summed E-state index contributed by atoms with van der Waals surface area (Å²) in [4.78, 5) is 23.0. The molecule has 0 unspecified atom stereocenters. The number of benzene rings is 1. The number of rotatable bonds is 8. The van der Waals surface area contributed by atoms with Gasteiger partial charge in [-0.2, -0.15) is 13.2 Å². The summed E-state index contributed by atoms with van der Waals surface area (Å²) in [6, 6.07) is 11.7. The van der Waals surface area contributed by atoms with Crippen LogP contribution in [0.1, 0.15) is 35.8 Å². The number of halogens is 4. The molecule has 4 atom stereocenters. The molecule has 1 aliphatic heterocycles. The third kappa shape index (κ3) is 6.17. The summed E-state index contributed by atoms with van der Waals surface area (Å²) < 4.78 is 55.9. The number of hydrogen-bond acceptors (Lipinski definition) is 5. The lowest BCUT2D eigenvalue weighted by Crippen LogP contribution is -2.46. The zero-order valence-corrected chi connectivity index (χ0v) is 22.1. The van der Waals surface area contributed by atoms with Gasteiger partial charge in [0.05, 0.1) is 23.0 Å². The SMILES string of the molecule is C=C(c1nc(/C=C/CNC(=O)[C@@H]2C[C@H]2c2ccccn2)cc2c(N[C@@H]3CCN(C)C[C@@H]3F)cccc12)C(F)(F)F. The third-order valence-corrected chi connectivity index (χ3v) is 7.49. The minimum atomic E-state index is -4.67. The Morgan fingerprint density at radius 1 is 1.20 bits per heavy atom. The standard InChI is InChI=1S/C30H31F4N5O/c1-18(30(32,33)34)28-20-8-5-10-26(38-27-11-14-39(2)17-24(27)31)21(20)15-19(37-28)7-6-13-36-29(40)23-16-22(23)25-9-3-4-12-35-25/h3-10,12,15,22-24,27,38H,1,11,13-14,16-17H2,2H3,(H,36,40)/b7-6+/t22-,23-,24+,27-/m1/s1. The van der Waals surface area contributed by atoms with Gasteiger partial charge in [0.2, 0.25) is 5.91 Å². The molecular formula is C30H31F4N5O. The van der Waals surface area contributed by atoms with Crippen LogP contribution in [0.15, 0.2) is 61.3 Å². The van der Waals surface area contributed by atoms with E-state index < -0.39 is 24.0 Å². The van der Waals surface area contributed by atoms with Crippen LogP contribution in [0.2, 0.25) is 0 Å². The highest BCUT2D eigenvalue weighted by Gasteiger charge is 2.44. The Morgan fingerprint density at radius 2 is 2.02 bits per heavy atom. The first kappa shape index (κ1) is 27.8. The van der Waals surface area contributed by atoms with Gasteiger partial charge in [-0.3, -0.25) is 9.78 Å². The van der Waals surface area contributed by atoms with Crippen molar-refractivity contribution in [2.75, 3.05) is 32.0 Å². The molecule has 0 spiro atoms. The molecule has 3 aromatic rings. The van der Waals surface area contributed by atoms with Crippen LogP contribution in [0.5, 0.6) is 0 Å². The summed E-state index contributed by atoms with van der Waals surface area (Å²) in [5.41, 5.74) is 0.350. The fourth-order valence-corrected chi connectivity index (χ4v) is 5.17. The van der Waals surface area contributed by atoms with E-state index in [1.807, 2.05) is 30.1 Å². The van der Waals surface area contributed by atoms with Crippen LogP contribution in [0.25, 0.3) is 22.4 Å². The van der Waals surface area contributed by atoms with Crippen molar-refractivity contribution in [2.45, 2.75) is 37.1 Å². The van der Waals surface area contributed by atoms with Crippen molar-refractivity contribution in [3.63, 3.8) is 0 Å². The number of anilines is 1. The van der Waals surface area contributed by atoms with Crippen LogP contribution >= 0.6 is 0 Å². The van der Waals surface area contributed by atoms with Crippen molar-refractivity contribution in [3.8, 4) is 0 Å². The molecule has 3 heterocycles. The first-order valence-electron chi connectivity index (χ1n) is 13.3. The van der Waals surface area contributed by atoms with Crippen molar-refractivity contribution >= 4 is 34.0 Å². The predicted octanol–water partition coefficient (Wildman–Crippen LogP) is 5.59. The van der Waals surface area contributed by atoms with Crippen LogP contribution in [0, 0.1) is 5.92 Å². The minimum absolute atomic E-state index is 0.0942. The first-order valence-corrected chi connectivity index (χ1v) is 13.3. The number of likely N-dealkylation sites (tertiary alicyclic amines) is 1. The van der Waals surface area contributed by atoms with Crippen molar-refractivity contribution in [1.82, 2.24) is 20.2 Å². The number of carbonyl (C=O) groups excluding carboxylic acids is 1. The molecule has 40 heavy (non-hydrogen) atoms.